The number of Topliss-reactive ketones (excluding diaryl/α,β-unsaturated/α-hetero) is 1. The molecule has 1 aromatic heterocycles. The maximum Gasteiger partial charge on any atom is 0.407 e. The van der Waals surface area contributed by atoms with Gasteiger partial charge in [-0.05, 0) is 36.6 Å². The third kappa shape index (κ3) is 11.0. The molecule has 2 aromatic rings. The number of carboxylic acid groups (broad SMARTS) is 1. The van der Waals surface area contributed by atoms with E-state index < -0.39 is 30.6 Å². The van der Waals surface area contributed by atoms with Gasteiger partial charge in [0.05, 0.1) is 19.8 Å². The Morgan fingerprint density at radius 1 is 1.10 bits per heavy atom. The minimum atomic E-state index is -1.24. The zero-order valence-electron chi connectivity index (χ0n) is 23.0. The number of hydrogen-bond donors (Lipinski definition) is 3. The highest BCUT2D eigenvalue weighted by Crippen LogP contribution is 2.21. The van der Waals surface area contributed by atoms with Crippen LogP contribution in [0.25, 0.3) is 0 Å². The summed E-state index contributed by atoms with van der Waals surface area (Å²) in [6.07, 6.45) is 3.17. The average Bonchev–Trinajstić information content (AvgIpc) is 3.11. The number of carbonyl (C=O) groups is 4. The molecule has 0 fully saturated rings. The van der Waals surface area contributed by atoms with Gasteiger partial charge in [0.15, 0.2) is 0 Å². The van der Waals surface area contributed by atoms with E-state index >= 15 is 0 Å². The predicted molar refractivity (Wildman–Crippen MR) is 144 cm³/mol. The Balaban J connectivity index is 0.00000760. The number of thioether (sulfide) groups is 1. The fraction of sp³-hybridized carbons (Fsp3) is 0.519. The number of rotatable bonds is 16. The topological polar surface area (TPSA) is 131 Å². The standard InChI is InChI=1S/C27H38N4O6S.BrH/c1-5-10-22-23(11-6-2)31(4)27(30(22)3)38-18-20(32)14-15-21(25(34)35)29-24(33)16-28-26(36)37-17-19-12-8-7-9-13-19;/h7-9,12-13,21H,5-6,10-11,14-18H2,1-4H3,(H2-,28,29,33,34,35,36);1H/t21-;/m0./s1. The van der Waals surface area contributed by atoms with Crippen molar-refractivity contribution in [1.82, 2.24) is 15.2 Å². The van der Waals surface area contributed by atoms with Gasteiger partial charge in [0.2, 0.25) is 5.91 Å². The number of nitrogens with zero attached hydrogens (tertiary/aromatic N) is 2. The van der Waals surface area contributed by atoms with E-state index in [-0.39, 0.29) is 48.0 Å². The molecule has 10 nitrogen and oxygen atoms in total. The molecule has 0 aliphatic rings. The Kier molecular flexibility index (Phi) is 15.5. The molecular formula is C27H39BrN4O6S. The van der Waals surface area contributed by atoms with Crippen molar-refractivity contribution in [2.75, 3.05) is 12.3 Å². The van der Waals surface area contributed by atoms with E-state index in [1.54, 1.807) is 12.1 Å². The van der Waals surface area contributed by atoms with Crippen LogP contribution >= 0.6 is 11.8 Å². The molecular weight excluding hydrogens is 588 g/mol. The Bertz CT molecular complexity index is 1080. The van der Waals surface area contributed by atoms with Crippen LogP contribution in [0.3, 0.4) is 0 Å². The van der Waals surface area contributed by atoms with Crippen LogP contribution in [-0.2, 0) is 52.7 Å². The number of imidazole rings is 1. The molecule has 2 rings (SSSR count). The molecule has 2 amide bonds. The summed E-state index contributed by atoms with van der Waals surface area (Å²) >= 11 is 1.44. The third-order valence-corrected chi connectivity index (χ3v) is 7.28. The number of halogens is 1. The first-order valence-corrected chi connectivity index (χ1v) is 13.8. The van der Waals surface area contributed by atoms with Gasteiger partial charge in [-0.1, -0.05) is 44.2 Å². The molecule has 3 N–H and O–H groups in total. The molecule has 0 unspecified atom stereocenters. The summed E-state index contributed by atoms with van der Waals surface area (Å²) in [5.41, 5.74) is 3.35. The summed E-state index contributed by atoms with van der Waals surface area (Å²) < 4.78 is 9.32. The van der Waals surface area contributed by atoms with Crippen LogP contribution < -0.4 is 32.2 Å². The zero-order chi connectivity index (χ0) is 28.1. The van der Waals surface area contributed by atoms with Crippen molar-refractivity contribution in [2.45, 2.75) is 70.2 Å². The molecule has 0 aliphatic carbocycles. The largest absolute Gasteiger partial charge is 1.00 e. The molecule has 1 heterocycles. The van der Waals surface area contributed by atoms with Crippen molar-refractivity contribution in [2.24, 2.45) is 14.1 Å². The number of aromatic nitrogens is 2. The second-order valence-electron chi connectivity index (χ2n) is 9.03. The first kappa shape index (κ1) is 34.2. The number of ether oxygens (including phenoxy) is 1. The summed E-state index contributed by atoms with van der Waals surface area (Å²) in [4.78, 5) is 48.2. The zero-order valence-corrected chi connectivity index (χ0v) is 25.4. The lowest BCUT2D eigenvalue weighted by Crippen LogP contribution is -3.00. The van der Waals surface area contributed by atoms with Gasteiger partial charge in [-0.2, -0.15) is 0 Å². The van der Waals surface area contributed by atoms with Crippen LogP contribution in [0, 0.1) is 0 Å². The quantitative estimate of drug-likeness (QED) is 0.172. The molecule has 1 aromatic carbocycles. The highest BCUT2D eigenvalue weighted by Gasteiger charge is 2.27. The van der Waals surface area contributed by atoms with Gasteiger partial charge in [-0.3, -0.25) is 9.59 Å². The minimum absolute atomic E-state index is 0. The predicted octanol–water partition coefficient (Wildman–Crippen LogP) is -0.304. The van der Waals surface area contributed by atoms with Crippen molar-refractivity contribution in [3.05, 3.63) is 47.3 Å². The Hall–Kier alpha value is -2.86. The molecule has 1 atom stereocenters. The summed E-state index contributed by atoms with van der Waals surface area (Å²) in [7, 11) is 4.02. The molecule has 0 radical (unpaired) electrons. The van der Waals surface area contributed by atoms with Crippen LogP contribution in [0.5, 0.6) is 0 Å². The number of aliphatic carboxylic acids is 1. The highest BCUT2D eigenvalue weighted by molar-refractivity contribution is 7.99. The summed E-state index contributed by atoms with van der Waals surface area (Å²) in [5, 5.41) is 15.1. The maximum atomic E-state index is 12.6. The molecule has 0 saturated carbocycles. The number of benzene rings is 1. The minimum Gasteiger partial charge on any atom is -1.00 e. The van der Waals surface area contributed by atoms with Crippen molar-refractivity contribution >= 4 is 35.5 Å². The molecule has 12 heteroatoms. The van der Waals surface area contributed by atoms with Gasteiger partial charge in [-0.25, -0.2) is 18.7 Å². The lowest BCUT2D eigenvalue weighted by molar-refractivity contribution is -0.716. The van der Waals surface area contributed by atoms with Gasteiger partial charge >= 0.3 is 17.2 Å². The molecule has 0 spiro atoms. The fourth-order valence-corrected chi connectivity index (χ4v) is 5.13. The summed E-state index contributed by atoms with van der Waals surface area (Å²) in [6.45, 7) is 3.90. The number of ketones is 1. The van der Waals surface area contributed by atoms with Gasteiger partial charge in [-0.15, -0.1) is 0 Å². The summed E-state index contributed by atoms with van der Waals surface area (Å²) in [5.74, 6) is -1.82. The van der Waals surface area contributed by atoms with E-state index in [0.717, 1.165) is 36.4 Å². The molecule has 0 saturated heterocycles. The van der Waals surface area contributed by atoms with E-state index in [2.05, 4.69) is 33.6 Å². The average molecular weight is 628 g/mol. The SMILES string of the molecule is CCCc1c(CCC)[n+](C)c(SCC(=O)CC[C@H](NC(=O)CNC(=O)OCc2ccccc2)C(=O)O)n1C.[Br-]. The molecule has 0 bridgehead atoms. The molecule has 0 aliphatic heterocycles. The normalized spacial score (nSPS) is 11.3. The smallest absolute Gasteiger partial charge is 0.407 e. The monoisotopic (exact) mass is 626 g/mol. The van der Waals surface area contributed by atoms with E-state index in [9.17, 15) is 24.3 Å². The van der Waals surface area contributed by atoms with Crippen LogP contribution in [0.2, 0.25) is 0 Å². The van der Waals surface area contributed by atoms with Crippen LogP contribution in [0.1, 0.15) is 56.5 Å². The number of carbonyl (C=O) groups excluding carboxylic acids is 3. The molecule has 216 valence electrons. The van der Waals surface area contributed by atoms with Crippen LogP contribution in [0.4, 0.5) is 4.79 Å². The van der Waals surface area contributed by atoms with Gasteiger partial charge in [0.1, 0.15) is 36.4 Å². The van der Waals surface area contributed by atoms with E-state index in [1.165, 1.54) is 23.1 Å². The summed E-state index contributed by atoms with van der Waals surface area (Å²) in [6, 6.07) is 7.82. The van der Waals surface area contributed by atoms with Crippen LogP contribution in [-0.4, -0.2) is 51.8 Å². The lowest BCUT2D eigenvalue weighted by Gasteiger charge is -2.14. The van der Waals surface area contributed by atoms with Gasteiger partial charge in [0, 0.05) is 19.3 Å². The fourth-order valence-electron chi connectivity index (χ4n) is 4.09. The number of carboxylic acids is 1. The highest BCUT2D eigenvalue weighted by atomic mass is 79.9. The van der Waals surface area contributed by atoms with Crippen LogP contribution in [0.15, 0.2) is 35.5 Å². The van der Waals surface area contributed by atoms with Gasteiger partial charge in [0.25, 0.3) is 0 Å². The first-order chi connectivity index (χ1) is 18.2. The first-order valence-electron chi connectivity index (χ1n) is 12.8. The van der Waals surface area contributed by atoms with Gasteiger partial charge < -0.3 is 37.5 Å². The third-order valence-electron chi connectivity index (χ3n) is 6.00. The second kappa shape index (κ2) is 17.7. The number of amides is 2. The maximum absolute atomic E-state index is 12.6. The number of hydrogen-bond acceptors (Lipinski definition) is 6. The lowest BCUT2D eigenvalue weighted by atomic mass is 10.1. The second-order valence-corrected chi connectivity index (χ2v) is 9.98. The van der Waals surface area contributed by atoms with Crippen molar-refractivity contribution < 1.29 is 50.6 Å². The van der Waals surface area contributed by atoms with Crippen molar-refractivity contribution in [3.8, 4) is 0 Å². The van der Waals surface area contributed by atoms with Crippen molar-refractivity contribution in [1.29, 1.82) is 0 Å². The van der Waals surface area contributed by atoms with Crippen molar-refractivity contribution in [3.63, 3.8) is 0 Å². The Morgan fingerprint density at radius 3 is 2.38 bits per heavy atom. The molecule has 39 heavy (non-hydrogen) atoms. The number of alkyl carbamates (subject to hydrolysis) is 1. The Labute approximate surface area is 244 Å². The Morgan fingerprint density at radius 2 is 1.77 bits per heavy atom. The number of nitrogens with one attached hydrogen (secondary N) is 2. The van der Waals surface area contributed by atoms with E-state index in [1.807, 2.05) is 32.3 Å². The van der Waals surface area contributed by atoms with E-state index in [0.29, 0.717) is 0 Å². The van der Waals surface area contributed by atoms with E-state index in [4.69, 9.17) is 4.74 Å².